The first-order valence-electron chi connectivity index (χ1n) is 10.1. The van der Waals surface area contributed by atoms with E-state index in [9.17, 15) is 28.0 Å². The molecule has 0 aliphatic carbocycles. The Kier molecular flexibility index (Phi) is 5.28. The van der Waals surface area contributed by atoms with Crippen LogP contribution >= 0.6 is 0 Å². The molecule has 2 aromatic carbocycles. The molecule has 7 nitrogen and oxygen atoms in total. The molecular weight excluding hydrogens is 422 g/mol. The van der Waals surface area contributed by atoms with Crippen molar-refractivity contribution in [2.45, 2.75) is 38.4 Å². The van der Waals surface area contributed by atoms with E-state index in [0.29, 0.717) is 0 Å². The summed E-state index contributed by atoms with van der Waals surface area (Å²) in [6.07, 6.45) is -0.0299. The third-order valence-corrected chi connectivity index (χ3v) is 5.71. The van der Waals surface area contributed by atoms with Crippen molar-refractivity contribution in [2.75, 3.05) is 11.5 Å². The first kappa shape index (κ1) is 21.6. The highest BCUT2D eigenvalue weighted by Crippen LogP contribution is 2.45. The smallest absolute Gasteiger partial charge is 0.354 e. The minimum Gasteiger partial charge on any atom is -0.454 e. The summed E-state index contributed by atoms with van der Waals surface area (Å²) in [5.74, 6) is -4.50. The topological polar surface area (TPSA) is 84.0 Å². The van der Waals surface area contributed by atoms with Crippen molar-refractivity contribution in [1.29, 1.82) is 0 Å². The van der Waals surface area contributed by atoms with E-state index in [4.69, 9.17) is 4.74 Å². The second kappa shape index (κ2) is 7.81. The van der Waals surface area contributed by atoms with Gasteiger partial charge in [0.1, 0.15) is 11.6 Å². The molecular formula is C23H20F2N2O5. The van der Waals surface area contributed by atoms with Gasteiger partial charge in [0.05, 0.1) is 16.8 Å². The SMILES string of the molecule is CC(C)N1C(=O)c2ccccc2N2C(=O)CCC21C(=O)OCC(=O)c1cc(F)ccc1F. The summed E-state index contributed by atoms with van der Waals surface area (Å²) in [7, 11) is 0. The number of ketones is 1. The summed E-state index contributed by atoms with van der Waals surface area (Å²) in [5, 5.41) is 0. The predicted molar refractivity (Wildman–Crippen MR) is 109 cm³/mol. The number of amides is 2. The molecule has 1 unspecified atom stereocenters. The molecule has 32 heavy (non-hydrogen) atoms. The van der Waals surface area contributed by atoms with E-state index in [1.807, 2.05) is 0 Å². The van der Waals surface area contributed by atoms with Gasteiger partial charge in [0.15, 0.2) is 6.61 Å². The highest BCUT2D eigenvalue weighted by atomic mass is 19.1. The van der Waals surface area contributed by atoms with Crippen LogP contribution in [0.15, 0.2) is 42.5 Å². The average Bonchev–Trinajstić information content (AvgIpc) is 3.11. The molecule has 0 radical (unpaired) electrons. The van der Waals surface area contributed by atoms with E-state index in [-0.39, 0.29) is 30.0 Å². The molecule has 0 saturated carbocycles. The van der Waals surface area contributed by atoms with Gasteiger partial charge in [-0.05, 0) is 44.2 Å². The molecule has 2 amide bonds. The Morgan fingerprint density at radius 3 is 2.56 bits per heavy atom. The lowest BCUT2D eigenvalue weighted by molar-refractivity contribution is -0.157. The van der Waals surface area contributed by atoms with Gasteiger partial charge in [0.2, 0.25) is 17.4 Å². The van der Waals surface area contributed by atoms with Gasteiger partial charge >= 0.3 is 5.97 Å². The highest BCUT2D eigenvalue weighted by molar-refractivity contribution is 6.15. The van der Waals surface area contributed by atoms with Gasteiger partial charge in [0.25, 0.3) is 5.91 Å². The van der Waals surface area contributed by atoms with E-state index >= 15 is 0 Å². The van der Waals surface area contributed by atoms with Gasteiger partial charge in [0, 0.05) is 18.9 Å². The van der Waals surface area contributed by atoms with Gasteiger partial charge < -0.3 is 9.64 Å². The predicted octanol–water partition coefficient (Wildman–Crippen LogP) is 3.08. The lowest BCUT2D eigenvalue weighted by Gasteiger charge is -2.50. The van der Waals surface area contributed by atoms with Crippen molar-refractivity contribution < 1.29 is 32.7 Å². The van der Waals surface area contributed by atoms with Crippen molar-refractivity contribution >= 4 is 29.3 Å². The summed E-state index contributed by atoms with van der Waals surface area (Å²) in [4.78, 5) is 54.4. The van der Waals surface area contributed by atoms with Crippen LogP contribution in [-0.2, 0) is 14.3 Å². The molecule has 0 spiro atoms. The Balaban J connectivity index is 1.70. The molecule has 2 aliphatic heterocycles. The Morgan fingerprint density at radius 1 is 1.12 bits per heavy atom. The maximum Gasteiger partial charge on any atom is 0.354 e. The standard InChI is InChI=1S/C23H20F2N2O5/c1-13(2)26-21(30)15-5-3-4-6-18(15)27-20(29)9-10-23(26,27)22(31)32-12-19(28)16-11-14(24)7-8-17(16)25/h3-8,11,13H,9-10,12H2,1-2H3. The zero-order valence-electron chi connectivity index (χ0n) is 17.4. The second-order valence-corrected chi connectivity index (χ2v) is 7.96. The van der Waals surface area contributed by atoms with Crippen LogP contribution in [0.1, 0.15) is 47.4 Å². The van der Waals surface area contributed by atoms with Crippen LogP contribution in [0.2, 0.25) is 0 Å². The highest BCUT2D eigenvalue weighted by Gasteiger charge is 2.62. The molecule has 0 bridgehead atoms. The molecule has 1 atom stereocenters. The van der Waals surface area contributed by atoms with Crippen molar-refractivity contribution in [2.24, 2.45) is 0 Å². The number of ether oxygens (including phenoxy) is 1. The number of esters is 1. The normalized spacial score (nSPS) is 19.8. The number of halogens is 2. The van der Waals surface area contributed by atoms with Crippen LogP contribution in [-0.4, -0.2) is 46.8 Å². The number of anilines is 1. The maximum absolute atomic E-state index is 13.9. The molecule has 166 valence electrons. The minimum absolute atomic E-state index is 0.00753. The molecule has 2 aliphatic rings. The number of benzene rings is 2. The van der Waals surface area contributed by atoms with Crippen molar-refractivity contribution in [3.63, 3.8) is 0 Å². The zero-order chi connectivity index (χ0) is 23.2. The van der Waals surface area contributed by atoms with Crippen molar-refractivity contribution in [3.05, 3.63) is 65.2 Å². The third-order valence-electron chi connectivity index (χ3n) is 5.71. The molecule has 0 N–H and O–H groups in total. The quantitative estimate of drug-likeness (QED) is 0.525. The van der Waals surface area contributed by atoms with Gasteiger partial charge in [-0.25, -0.2) is 13.6 Å². The average molecular weight is 442 g/mol. The lowest BCUT2D eigenvalue weighted by atomic mass is 9.95. The summed E-state index contributed by atoms with van der Waals surface area (Å²) in [5.41, 5.74) is -1.76. The summed E-state index contributed by atoms with van der Waals surface area (Å²) in [6.45, 7) is 2.54. The van der Waals surface area contributed by atoms with Crippen molar-refractivity contribution in [1.82, 2.24) is 4.90 Å². The number of rotatable bonds is 5. The van der Waals surface area contributed by atoms with Gasteiger partial charge in [-0.2, -0.15) is 0 Å². The number of hydrogen-bond donors (Lipinski definition) is 0. The lowest BCUT2D eigenvalue weighted by Crippen LogP contribution is -2.70. The van der Waals surface area contributed by atoms with Crippen LogP contribution in [0.4, 0.5) is 14.5 Å². The van der Waals surface area contributed by atoms with E-state index < -0.39 is 53.2 Å². The van der Waals surface area contributed by atoms with E-state index in [2.05, 4.69) is 0 Å². The van der Waals surface area contributed by atoms with Crippen LogP contribution < -0.4 is 4.90 Å². The molecule has 1 saturated heterocycles. The Bertz CT molecular complexity index is 1150. The number of carbonyl (C=O) groups is 4. The Hall–Kier alpha value is -3.62. The first-order valence-corrected chi connectivity index (χ1v) is 10.1. The summed E-state index contributed by atoms with van der Waals surface area (Å²) < 4.78 is 32.6. The van der Waals surface area contributed by atoms with Gasteiger partial charge in [-0.3, -0.25) is 19.3 Å². The monoisotopic (exact) mass is 442 g/mol. The third kappa shape index (κ3) is 3.16. The number of Topliss-reactive ketones (excluding diaryl/α,β-unsaturated/α-hetero) is 1. The number of carbonyl (C=O) groups excluding carboxylic acids is 4. The summed E-state index contributed by atoms with van der Waals surface area (Å²) in [6, 6.07) is 8.36. The molecule has 0 aromatic heterocycles. The van der Waals surface area contributed by atoms with E-state index in [0.717, 1.165) is 18.2 Å². The molecule has 2 heterocycles. The maximum atomic E-state index is 13.9. The van der Waals surface area contributed by atoms with E-state index in [1.54, 1.807) is 38.1 Å². The fourth-order valence-electron chi connectivity index (χ4n) is 4.41. The van der Waals surface area contributed by atoms with Crippen LogP contribution in [0.5, 0.6) is 0 Å². The van der Waals surface area contributed by atoms with Crippen LogP contribution in [0.25, 0.3) is 0 Å². The fraction of sp³-hybridized carbons (Fsp3) is 0.304. The van der Waals surface area contributed by atoms with Crippen LogP contribution in [0.3, 0.4) is 0 Å². The van der Waals surface area contributed by atoms with Crippen molar-refractivity contribution in [3.8, 4) is 0 Å². The first-order chi connectivity index (χ1) is 15.2. The zero-order valence-corrected chi connectivity index (χ0v) is 17.4. The minimum atomic E-state index is -1.77. The fourth-order valence-corrected chi connectivity index (χ4v) is 4.41. The Morgan fingerprint density at radius 2 is 1.84 bits per heavy atom. The Labute approximate surface area is 182 Å². The number of para-hydroxylation sites is 1. The number of hydrogen-bond acceptors (Lipinski definition) is 5. The van der Waals surface area contributed by atoms with Crippen LogP contribution in [0, 0.1) is 11.6 Å². The molecule has 1 fully saturated rings. The van der Waals surface area contributed by atoms with Gasteiger partial charge in [-0.1, -0.05) is 12.1 Å². The summed E-state index contributed by atoms with van der Waals surface area (Å²) >= 11 is 0. The molecule has 4 rings (SSSR count). The number of fused-ring (bicyclic) bond motifs is 3. The number of nitrogens with zero attached hydrogens (tertiary/aromatic N) is 2. The second-order valence-electron chi connectivity index (χ2n) is 7.96. The largest absolute Gasteiger partial charge is 0.454 e. The van der Waals surface area contributed by atoms with Gasteiger partial charge in [-0.15, -0.1) is 0 Å². The van der Waals surface area contributed by atoms with E-state index in [1.165, 1.54) is 9.80 Å². The molecule has 9 heteroatoms. The molecule has 2 aromatic rings.